The molecule has 0 atom stereocenters. The molecular formula is C12H16N4O3S. The van der Waals surface area contributed by atoms with Crippen LogP contribution in [0.15, 0.2) is 18.2 Å². The number of anilines is 1. The van der Waals surface area contributed by atoms with Crippen molar-refractivity contribution >= 4 is 34.4 Å². The minimum atomic E-state index is -0.425. The van der Waals surface area contributed by atoms with Gasteiger partial charge in [-0.25, -0.2) is 4.98 Å². The fourth-order valence-corrected chi connectivity index (χ4v) is 2.49. The van der Waals surface area contributed by atoms with Crippen LogP contribution in [0.4, 0.5) is 11.6 Å². The van der Waals surface area contributed by atoms with Gasteiger partial charge in [0.05, 0.1) is 16.0 Å². The summed E-state index contributed by atoms with van der Waals surface area (Å²) < 4.78 is 0. The number of nitrogens with zero attached hydrogens (tertiary/aromatic N) is 2. The maximum atomic E-state index is 10.7. The minimum Gasteiger partial charge on any atom is -0.396 e. The molecule has 108 valence electrons. The Morgan fingerprint density at radius 2 is 2.30 bits per heavy atom. The third kappa shape index (κ3) is 3.84. The maximum absolute atomic E-state index is 10.7. The van der Waals surface area contributed by atoms with Crippen molar-refractivity contribution in [3.63, 3.8) is 0 Å². The monoisotopic (exact) mass is 296 g/mol. The van der Waals surface area contributed by atoms with Crippen molar-refractivity contribution in [3.05, 3.63) is 28.3 Å². The number of aliphatic hydroxyl groups is 1. The fourth-order valence-electron chi connectivity index (χ4n) is 1.71. The highest BCUT2D eigenvalue weighted by atomic mass is 32.2. The average molecular weight is 296 g/mol. The third-order valence-corrected chi connectivity index (χ3v) is 3.73. The number of nitro benzene ring substituents is 1. The number of aromatic amines is 1. The van der Waals surface area contributed by atoms with Crippen molar-refractivity contribution in [2.75, 3.05) is 30.0 Å². The first-order valence-corrected chi connectivity index (χ1v) is 7.43. The third-order valence-electron chi connectivity index (χ3n) is 2.66. The summed E-state index contributed by atoms with van der Waals surface area (Å²) in [7, 11) is 0. The number of hydrogen-bond acceptors (Lipinski definition) is 6. The Balaban J connectivity index is 1.89. The van der Waals surface area contributed by atoms with Gasteiger partial charge in [-0.05, 0) is 18.2 Å². The second kappa shape index (κ2) is 7.11. The van der Waals surface area contributed by atoms with Crippen LogP contribution in [0.1, 0.15) is 6.42 Å². The predicted molar refractivity (Wildman–Crippen MR) is 80.3 cm³/mol. The summed E-state index contributed by atoms with van der Waals surface area (Å²) in [6.45, 7) is 0.973. The highest BCUT2D eigenvalue weighted by molar-refractivity contribution is 7.99. The molecule has 8 heteroatoms. The van der Waals surface area contributed by atoms with E-state index < -0.39 is 4.92 Å². The van der Waals surface area contributed by atoms with E-state index in [1.807, 2.05) is 0 Å². The van der Waals surface area contributed by atoms with E-state index in [9.17, 15) is 10.1 Å². The van der Waals surface area contributed by atoms with E-state index in [-0.39, 0.29) is 12.3 Å². The molecule has 1 aromatic heterocycles. The van der Waals surface area contributed by atoms with Crippen LogP contribution in [-0.4, -0.2) is 44.7 Å². The summed E-state index contributed by atoms with van der Waals surface area (Å²) in [6, 6.07) is 4.55. The summed E-state index contributed by atoms with van der Waals surface area (Å²) in [6.07, 6.45) is 0.805. The molecule has 0 amide bonds. The molecule has 0 aliphatic heterocycles. The summed E-state index contributed by atoms with van der Waals surface area (Å²) in [4.78, 5) is 17.6. The Hall–Kier alpha value is -1.80. The molecule has 2 aromatic rings. The molecule has 1 aromatic carbocycles. The summed E-state index contributed by atoms with van der Waals surface area (Å²) in [5, 5.41) is 22.5. The Bertz CT molecular complexity index is 587. The number of non-ortho nitro benzene ring substituents is 1. The van der Waals surface area contributed by atoms with Gasteiger partial charge in [0.1, 0.15) is 0 Å². The number of aromatic nitrogens is 2. The van der Waals surface area contributed by atoms with Gasteiger partial charge in [0.2, 0.25) is 5.95 Å². The zero-order valence-electron chi connectivity index (χ0n) is 10.8. The van der Waals surface area contributed by atoms with E-state index in [1.165, 1.54) is 12.1 Å². The molecule has 3 N–H and O–H groups in total. The molecule has 0 bridgehead atoms. The predicted octanol–water partition coefficient (Wildman–Crippen LogP) is 2.00. The topological polar surface area (TPSA) is 104 Å². The van der Waals surface area contributed by atoms with Crippen LogP contribution in [0, 0.1) is 10.1 Å². The molecule has 0 spiro atoms. The molecule has 7 nitrogen and oxygen atoms in total. The van der Waals surface area contributed by atoms with Gasteiger partial charge in [0.15, 0.2) is 0 Å². The molecule has 0 radical (unpaired) electrons. The van der Waals surface area contributed by atoms with Gasteiger partial charge >= 0.3 is 0 Å². The average Bonchev–Trinajstić information content (AvgIpc) is 2.84. The molecule has 0 unspecified atom stereocenters. The van der Waals surface area contributed by atoms with Crippen LogP contribution in [0.25, 0.3) is 11.0 Å². The van der Waals surface area contributed by atoms with Crippen molar-refractivity contribution in [3.8, 4) is 0 Å². The molecule has 20 heavy (non-hydrogen) atoms. The lowest BCUT2D eigenvalue weighted by atomic mass is 10.3. The van der Waals surface area contributed by atoms with Crippen molar-refractivity contribution < 1.29 is 10.0 Å². The fraction of sp³-hybridized carbons (Fsp3) is 0.417. The molecule has 0 saturated carbocycles. The number of H-pyrrole nitrogens is 1. The lowest BCUT2D eigenvalue weighted by Crippen LogP contribution is -2.05. The van der Waals surface area contributed by atoms with Crippen LogP contribution in [-0.2, 0) is 0 Å². The number of fused-ring (bicyclic) bond motifs is 1. The van der Waals surface area contributed by atoms with Crippen molar-refractivity contribution in [2.24, 2.45) is 0 Å². The Morgan fingerprint density at radius 3 is 3.05 bits per heavy atom. The van der Waals surface area contributed by atoms with Gasteiger partial charge in [-0.1, -0.05) is 0 Å². The van der Waals surface area contributed by atoms with E-state index in [2.05, 4.69) is 15.3 Å². The number of benzene rings is 1. The van der Waals surface area contributed by atoms with E-state index in [0.717, 1.165) is 24.5 Å². The molecule has 2 rings (SSSR count). The molecule has 0 aliphatic carbocycles. The SMILES string of the molecule is O=[N+]([O-])c1ccc2nc(NCCSCCCO)[nH]c2c1. The zero-order chi connectivity index (χ0) is 14.4. The molecular weight excluding hydrogens is 280 g/mol. The van der Waals surface area contributed by atoms with E-state index in [4.69, 9.17) is 5.11 Å². The van der Waals surface area contributed by atoms with Gasteiger partial charge in [-0.15, -0.1) is 0 Å². The van der Waals surface area contributed by atoms with Gasteiger partial charge < -0.3 is 15.4 Å². The molecule has 1 heterocycles. The summed E-state index contributed by atoms with van der Waals surface area (Å²) in [5.74, 6) is 2.46. The van der Waals surface area contributed by atoms with E-state index >= 15 is 0 Å². The van der Waals surface area contributed by atoms with Gasteiger partial charge in [-0.2, -0.15) is 11.8 Å². The van der Waals surface area contributed by atoms with Gasteiger partial charge in [-0.3, -0.25) is 10.1 Å². The standard InChI is InChI=1S/C12H16N4O3S/c17-5-1-6-20-7-4-13-12-14-10-3-2-9(16(18)19)8-11(10)15-12/h2-3,8,17H,1,4-7H2,(H2,13,14,15). The van der Waals surface area contributed by atoms with E-state index in [1.54, 1.807) is 17.8 Å². The van der Waals surface area contributed by atoms with Crippen LogP contribution < -0.4 is 5.32 Å². The van der Waals surface area contributed by atoms with Crippen LogP contribution in [0.2, 0.25) is 0 Å². The van der Waals surface area contributed by atoms with Crippen LogP contribution >= 0.6 is 11.8 Å². The first-order valence-electron chi connectivity index (χ1n) is 6.27. The number of aliphatic hydroxyl groups excluding tert-OH is 1. The number of hydrogen-bond donors (Lipinski definition) is 3. The van der Waals surface area contributed by atoms with Crippen molar-refractivity contribution in [1.29, 1.82) is 0 Å². The number of thioether (sulfide) groups is 1. The molecule has 0 saturated heterocycles. The molecule has 0 aliphatic rings. The van der Waals surface area contributed by atoms with Crippen LogP contribution in [0.3, 0.4) is 0 Å². The smallest absolute Gasteiger partial charge is 0.271 e. The number of nitro groups is 1. The van der Waals surface area contributed by atoms with Crippen molar-refractivity contribution in [1.82, 2.24) is 9.97 Å². The lowest BCUT2D eigenvalue weighted by molar-refractivity contribution is -0.384. The van der Waals surface area contributed by atoms with E-state index in [0.29, 0.717) is 17.0 Å². The Kier molecular flexibility index (Phi) is 5.19. The largest absolute Gasteiger partial charge is 0.396 e. The first-order chi connectivity index (χ1) is 9.70. The van der Waals surface area contributed by atoms with Crippen LogP contribution in [0.5, 0.6) is 0 Å². The normalized spacial score (nSPS) is 10.8. The number of imidazole rings is 1. The minimum absolute atomic E-state index is 0.0484. The highest BCUT2D eigenvalue weighted by Gasteiger charge is 2.09. The quantitative estimate of drug-likeness (QED) is 0.391. The lowest BCUT2D eigenvalue weighted by Gasteiger charge is -2.01. The second-order valence-electron chi connectivity index (χ2n) is 4.16. The maximum Gasteiger partial charge on any atom is 0.271 e. The van der Waals surface area contributed by atoms with Gasteiger partial charge in [0, 0.05) is 31.0 Å². The Morgan fingerprint density at radius 1 is 1.45 bits per heavy atom. The number of nitrogens with one attached hydrogen (secondary N) is 2. The highest BCUT2D eigenvalue weighted by Crippen LogP contribution is 2.20. The van der Waals surface area contributed by atoms with Crippen molar-refractivity contribution in [2.45, 2.75) is 6.42 Å². The number of rotatable bonds is 8. The summed E-state index contributed by atoms with van der Waals surface area (Å²) >= 11 is 1.76. The molecule has 0 fully saturated rings. The second-order valence-corrected chi connectivity index (χ2v) is 5.39. The first kappa shape index (κ1) is 14.6. The summed E-state index contributed by atoms with van der Waals surface area (Å²) in [5.41, 5.74) is 1.40. The zero-order valence-corrected chi connectivity index (χ0v) is 11.7. The van der Waals surface area contributed by atoms with Gasteiger partial charge in [0.25, 0.3) is 5.69 Å². The Labute approximate surface area is 119 Å².